The number of nitrogens with one attached hydrogen (secondary N) is 1. The zero-order valence-electron chi connectivity index (χ0n) is 10.7. The smallest absolute Gasteiger partial charge is 0.217 e. The normalized spacial score (nSPS) is 10.9. The highest BCUT2D eigenvalue weighted by atomic mass is 79.9. The van der Waals surface area contributed by atoms with Gasteiger partial charge in [0.2, 0.25) is 5.88 Å². The van der Waals surface area contributed by atoms with Crippen LogP contribution in [-0.2, 0) is 6.54 Å². The lowest BCUT2D eigenvalue weighted by Crippen LogP contribution is -2.16. The Balaban J connectivity index is 2.51. The molecule has 0 saturated carbocycles. The second-order valence-electron chi connectivity index (χ2n) is 4.15. The number of pyridine rings is 1. The van der Waals surface area contributed by atoms with Gasteiger partial charge in [-0.05, 0) is 49.6 Å². The summed E-state index contributed by atoms with van der Waals surface area (Å²) in [7, 11) is 6.03. The molecule has 0 radical (unpaired) electrons. The lowest BCUT2D eigenvalue weighted by atomic mass is 10.2. The van der Waals surface area contributed by atoms with E-state index in [2.05, 4.69) is 45.2 Å². The molecular formula is C12H20BrN3O. The van der Waals surface area contributed by atoms with Crippen molar-refractivity contribution in [3.8, 4) is 5.88 Å². The Kier molecular flexibility index (Phi) is 6.47. The molecule has 1 aromatic heterocycles. The first-order valence-corrected chi connectivity index (χ1v) is 6.49. The van der Waals surface area contributed by atoms with Crippen LogP contribution in [0, 0.1) is 0 Å². The van der Waals surface area contributed by atoms with Gasteiger partial charge in [-0.25, -0.2) is 4.98 Å². The first-order chi connectivity index (χ1) is 8.13. The Morgan fingerprint density at radius 2 is 2.24 bits per heavy atom. The quantitative estimate of drug-likeness (QED) is 0.781. The van der Waals surface area contributed by atoms with Gasteiger partial charge in [0, 0.05) is 29.3 Å². The molecule has 4 nitrogen and oxygen atoms in total. The molecule has 17 heavy (non-hydrogen) atoms. The number of hydrogen-bond acceptors (Lipinski definition) is 4. The van der Waals surface area contributed by atoms with E-state index in [4.69, 9.17) is 4.74 Å². The monoisotopic (exact) mass is 301 g/mol. The predicted octanol–water partition coefficient (Wildman–Crippen LogP) is 1.89. The lowest BCUT2D eigenvalue weighted by Gasteiger charge is -2.12. The average molecular weight is 302 g/mol. The summed E-state index contributed by atoms with van der Waals surface area (Å²) in [5.74, 6) is 0.723. The van der Waals surface area contributed by atoms with Crippen molar-refractivity contribution in [2.45, 2.75) is 13.0 Å². The van der Waals surface area contributed by atoms with Crippen LogP contribution in [0.1, 0.15) is 12.0 Å². The summed E-state index contributed by atoms with van der Waals surface area (Å²) in [6.45, 7) is 2.48. The highest BCUT2D eigenvalue weighted by Crippen LogP contribution is 2.19. The molecule has 1 rings (SSSR count). The first-order valence-electron chi connectivity index (χ1n) is 5.70. The maximum atomic E-state index is 5.70. The Morgan fingerprint density at radius 1 is 1.47 bits per heavy atom. The Labute approximate surface area is 111 Å². The Morgan fingerprint density at radius 3 is 2.88 bits per heavy atom. The number of hydrogen-bond donors (Lipinski definition) is 1. The fourth-order valence-corrected chi connectivity index (χ4v) is 1.84. The van der Waals surface area contributed by atoms with Crippen LogP contribution in [0.5, 0.6) is 5.88 Å². The second kappa shape index (κ2) is 7.63. The molecule has 0 spiro atoms. The topological polar surface area (TPSA) is 37.4 Å². The van der Waals surface area contributed by atoms with Crippen LogP contribution in [0.15, 0.2) is 16.7 Å². The summed E-state index contributed by atoms with van der Waals surface area (Å²) in [6.07, 6.45) is 2.77. The van der Waals surface area contributed by atoms with Crippen LogP contribution in [-0.4, -0.2) is 44.2 Å². The van der Waals surface area contributed by atoms with Crippen molar-refractivity contribution >= 4 is 15.9 Å². The van der Waals surface area contributed by atoms with Crippen LogP contribution in [0.3, 0.4) is 0 Å². The Bertz CT molecular complexity index is 345. The van der Waals surface area contributed by atoms with Crippen molar-refractivity contribution in [2.24, 2.45) is 0 Å². The van der Waals surface area contributed by atoms with Gasteiger partial charge in [0.25, 0.3) is 0 Å². The van der Waals surface area contributed by atoms with Crippen LogP contribution in [0.4, 0.5) is 0 Å². The summed E-state index contributed by atoms with van der Waals surface area (Å²) in [6, 6.07) is 2.03. The molecule has 0 aliphatic heterocycles. The summed E-state index contributed by atoms with van der Waals surface area (Å²) in [5, 5.41) is 3.11. The molecule has 96 valence electrons. The average Bonchev–Trinajstić information content (AvgIpc) is 2.27. The van der Waals surface area contributed by atoms with Crippen molar-refractivity contribution in [3.63, 3.8) is 0 Å². The van der Waals surface area contributed by atoms with Gasteiger partial charge in [-0.1, -0.05) is 0 Å². The van der Waals surface area contributed by atoms with E-state index < -0.39 is 0 Å². The van der Waals surface area contributed by atoms with E-state index in [0.29, 0.717) is 6.61 Å². The standard InChI is InChI=1S/C12H20BrN3O/c1-14-8-10-7-11(13)9-15-12(10)17-6-4-5-16(2)3/h7,9,14H,4-6,8H2,1-3H3. The van der Waals surface area contributed by atoms with E-state index in [1.807, 2.05) is 13.1 Å². The van der Waals surface area contributed by atoms with Gasteiger partial charge < -0.3 is 15.0 Å². The van der Waals surface area contributed by atoms with Crippen LogP contribution < -0.4 is 10.1 Å². The molecule has 1 aromatic rings. The number of ether oxygens (including phenoxy) is 1. The van der Waals surface area contributed by atoms with E-state index in [9.17, 15) is 0 Å². The molecule has 0 amide bonds. The van der Waals surface area contributed by atoms with Crippen molar-refractivity contribution in [3.05, 3.63) is 22.3 Å². The molecule has 5 heteroatoms. The summed E-state index contributed by atoms with van der Waals surface area (Å²) in [4.78, 5) is 6.44. The van der Waals surface area contributed by atoms with E-state index in [1.165, 1.54) is 0 Å². The lowest BCUT2D eigenvalue weighted by molar-refractivity contribution is 0.270. The molecule has 1 N–H and O–H groups in total. The number of aromatic nitrogens is 1. The van der Waals surface area contributed by atoms with Gasteiger partial charge in [-0.3, -0.25) is 0 Å². The van der Waals surface area contributed by atoms with Gasteiger partial charge >= 0.3 is 0 Å². The molecule has 0 aromatic carbocycles. The van der Waals surface area contributed by atoms with E-state index in [1.54, 1.807) is 6.20 Å². The van der Waals surface area contributed by atoms with Crippen LogP contribution >= 0.6 is 15.9 Å². The zero-order valence-corrected chi connectivity index (χ0v) is 12.2. The van der Waals surface area contributed by atoms with Crippen LogP contribution in [0.25, 0.3) is 0 Å². The molecule has 0 saturated heterocycles. The highest BCUT2D eigenvalue weighted by Gasteiger charge is 2.05. The number of halogens is 1. The SMILES string of the molecule is CNCc1cc(Br)cnc1OCCCN(C)C. The molecule has 0 atom stereocenters. The number of nitrogens with zero attached hydrogens (tertiary/aromatic N) is 2. The molecule has 0 unspecified atom stereocenters. The molecule has 0 aliphatic rings. The van der Waals surface area contributed by atoms with E-state index in [-0.39, 0.29) is 0 Å². The van der Waals surface area contributed by atoms with E-state index in [0.717, 1.165) is 35.4 Å². The molecule has 1 heterocycles. The number of rotatable bonds is 7. The van der Waals surface area contributed by atoms with Gasteiger partial charge in [0.1, 0.15) is 0 Å². The van der Waals surface area contributed by atoms with Gasteiger partial charge in [-0.15, -0.1) is 0 Å². The maximum Gasteiger partial charge on any atom is 0.217 e. The van der Waals surface area contributed by atoms with Crippen molar-refractivity contribution in [2.75, 3.05) is 34.3 Å². The molecule has 0 fully saturated rings. The molecular weight excluding hydrogens is 282 g/mol. The minimum Gasteiger partial charge on any atom is -0.477 e. The Hall–Kier alpha value is -0.650. The fraction of sp³-hybridized carbons (Fsp3) is 0.583. The predicted molar refractivity (Wildman–Crippen MR) is 73.4 cm³/mol. The third-order valence-corrected chi connectivity index (χ3v) is 2.68. The molecule has 0 aliphatic carbocycles. The van der Waals surface area contributed by atoms with Gasteiger partial charge in [0.05, 0.1) is 6.61 Å². The van der Waals surface area contributed by atoms with Crippen molar-refractivity contribution < 1.29 is 4.74 Å². The minimum atomic E-state index is 0.698. The first kappa shape index (κ1) is 14.4. The maximum absolute atomic E-state index is 5.70. The third-order valence-electron chi connectivity index (χ3n) is 2.25. The fourth-order valence-electron chi connectivity index (χ4n) is 1.47. The van der Waals surface area contributed by atoms with Gasteiger partial charge in [-0.2, -0.15) is 0 Å². The van der Waals surface area contributed by atoms with Crippen molar-refractivity contribution in [1.82, 2.24) is 15.2 Å². The van der Waals surface area contributed by atoms with E-state index >= 15 is 0 Å². The summed E-state index contributed by atoms with van der Waals surface area (Å²) < 4.78 is 6.67. The second-order valence-corrected chi connectivity index (χ2v) is 5.07. The minimum absolute atomic E-state index is 0.698. The summed E-state index contributed by atoms with van der Waals surface area (Å²) in [5.41, 5.74) is 1.08. The highest BCUT2D eigenvalue weighted by molar-refractivity contribution is 9.10. The molecule has 0 bridgehead atoms. The van der Waals surface area contributed by atoms with Crippen LogP contribution in [0.2, 0.25) is 0 Å². The van der Waals surface area contributed by atoms with Gasteiger partial charge in [0.15, 0.2) is 0 Å². The van der Waals surface area contributed by atoms with Crippen molar-refractivity contribution in [1.29, 1.82) is 0 Å². The third kappa shape index (κ3) is 5.48. The zero-order chi connectivity index (χ0) is 12.7. The summed E-state index contributed by atoms with van der Waals surface area (Å²) >= 11 is 3.41. The largest absolute Gasteiger partial charge is 0.477 e.